The van der Waals surface area contributed by atoms with Crippen LogP contribution < -0.4 is 14.8 Å². The smallest absolute Gasteiger partial charge is 0.335 e. The molecule has 0 unspecified atom stereocenters. The van der Waals surface area contributed by atoms with Gasteiger partial charge in [-0.3, -0.25) is 4.79 Å². The molecule has 1 heterocycles. The van der Waals surface area contributed by atoms with Crippen LogP contribution in [0.4, 0.5) is 0 Å². The largest absolute Gasteiger partial charge is 0.486 e. The molecule has 0 spiro atoms. The Morgan fingerprint density at radius 1 is 1.04 bits per heavy atom. The van der Waals surface area contributed by atoms with E-state index in [1.54, 1.807) is 24.3 Å². The first-order valence-corrected chi connectivity index (χ1v) is 8.88. The highest BCUT2D eigenvalue weighted by atomic mass is 16.6. The van der Waals surface area contributed by atoms with E-state index >= 15 is 0 Å². The van der Waals surface area contributed by atoms with Crippen molar-refractivity contribution in [1.29, 1.82) is 0 Å². The first-order chi connectivity index (χ1) is 12.9. The molecule has 6 heteroatoms. The number of benzene rings is 2. The molecule has 1 aliphatic rings. The van der Waals surface area contributed by atoms with E-state index < -0.39 is 11.4 Å². The lowest BCUT2D eigenvalue weighted by Gasteiger charge is -2.26. The van der Waals surface area contributed by atoms with Crippen LogP contribution in [-0.2, 0) is 16.6 Å². The van der Waals surface area contributed by atoms with Crippen LogP contribution in [0.1, 0.15) is 35.3 Å². The van der Waals surface area contributed by atoms with Crippen molar-refractivity contribution in [2.24, 2.45) is 0 Å². The van der Waals surface area contributed by atoms with Gasteiger partial charge in [0.1, 0.15) is 13.2 Å². The highest BCUT2D eigenvalue weighted by Gasteiger charge is 2.30. The van der Waals surface area contributed by atoms with E-state index in [0.717, 1.165) is 11.1 Å². The number of rotatable bonds is 6. The number of fused-ring (bicyclic) bond motifs is 1. The molecular weight excluding hydrogens is 346 g/mol. The average molecular weight is 369 g/mol. The Balaban J connectivity index is 1.60. The minimum Gasteiger partial charge on any atom is -0.486 e. The van der Waals surface area contributed by atoms with E-state index in [0.29, 0.717) is 37.7 Å². The lowest BCUT2D eigenvalue weighted by atomic mass is 9.83. The van der Waals surface area contributed by atoms with Gasteiger partial charge in [0.2, 0.25) is 5.91 Å². The van der Waals surface area contributed by atoms with Crippen LogP contribution in [0, 0.1) is 0 Å². The van der Waals surface area contributed by atoms with E-state index in [9.17, 15) is 9.59 Å². The quantitative estimate of drug-likeness (QED) is 0.818. The number of hydrogen-bond donors (Lipinski definition) is 2. The van der Waals surface area contributed by atoms with Crippen molar-refractivity contribution in [3.05, 3.63) is 59.2 Å². The zero-order valence-electron chi connectivity index (χ0n) is 15.5. The number of carboxylic acid groups (broad SMARTS) is 1. The topological polar surface area (TPSA) is 84.9 Å². The number of carbonyl (C=O) groups excluding carboxylic acids is 1. The minimum absolute atomic E-state index is 0.0821. The van der Waals surface area contributed by atoms with Crippen molar-refractivity contribution < 1.29 is 24.2 Å². The standard InChI is InChI=1S/C21H23NO5/c1-21(2,16-7-8-17-18(13-16)27-12-11-26-17)20(25)22-10-9-14-3-5-15(6-4-14)19(23)24/h3-8,13H,9-12H2,1-2H3,(H,22,25)(H,23,24). The van der Waals surface area contributed by atoms with Gasteiger partial charge in [-0.1, -0.05) is 18.2 Å². The number of carbonyl (C=O) groups is 2. The highest BCUT2D eigenvalue weighted by molar-refractivity contribution is 5.88. The lowest BCUT2D eigenvalue weighted by molar-refractivity contribution is -0.125. The average Bonchev–Trinajstić information content (AvgIpc) is 2.67. The Morgan fingerprint density at radius 2 is 1.70 bits per heavy atom. The molecule has 0 bridgehead atoms. The first kappa shape index (κ1) is 18.8. The van der Waals surface area contributed by atoms with Crippen LogP contribution in [0.2, 0.25) is 0 Å². The summed E-state index contributed by atoms with van der Waals surface area (Å²) in [5, 5.41) is 11.9. The molecule has 0 radical (unpaired) electrons. The minimum atomic E-state index is -0.948. The van der Waals surface area contributed by atoms with Crippen LogP contribution in [-0.4, -0.2) is 36.7 Å². The van der Waals surface area contributed by atoms with Gasteiger partial charge >= 0.3 is 5.97 Å². The Kier molecular flexibility index (Phi) is 5.35. The molecule has 142 valence electrons. The fourth-order valence-corrected chi connectivity index (χ4v) is 2.92. The number of hydrogen-bond acceptors (Lipinski definition) is 4. The van der Waals surface area contributed by atoms with Crippen LogP contribution >= 0.6 is 0 Å². The molecule has 3 rings (SSSR count). The van der Waals surface area contributed by atoms with Gasteiger partial charge in [-0.05, 0) is 55.7 Å². The zero-order valence-corrected chi connectivity index (χ0v) is 15.5. The normalized spacial score (nSPS) is 13.1. The zero-order chi connectivity index (χ0) is 19.4. The number of nitrogens with one attached hydrogen (secondary N) is 1. The molecule has 0 fully saturated rings. The summed E-state index contributed by atoms with van der Waals surface area (Å²) in [7, 11) is 0. The molecule has 0 atom stereocenters. The Morgan fingerprint density at radius 3 is 2.37 bits per heavy atom. The van der Waals surface area contributed by atoms with Crippen molar-refractivity contribution in [2.45, 2.75) is 25.7 Å². The second-order valence-electron chi connectivity index (χ2n) is 6.99. The maximum absolute atomic E-state index is 12.7. The first-order valence-electron chi connectivity index (χ1n) is 8.88. The molecule has 0 aromatic heterocycles. The third kappa shape index (κ3) is 4.22. The van der Waals surface area contributed by atoms with Gasteiger partial charge in [0.05, 0.1) is 11.0 Å². The summed E-state index contributed by atoms with van der Waals surface area (Å²) < 4.78 is 11.1. The van der Waals surface area contributed by atoms with Gasteiger partial charge < -0.3 is 19.9 Å². The molecule has 0 saturated heterocycles. The van der Waals surface area contributed by atoms with E-state index in [1.807, 2.05) is 32.0 Å². The molecule has 2 aromatic carbocycles. The predicted octanol–water partition coefficient (Wildman–Crippen LogP) is 2.79. The van der Waals surface area contributed by atoms with Gasteiger partial charge in [0.15, 0.2) is 11.5 Å². The summed E-state index contributed by atoms with van der Waals surface area (Å²) >= 11 is 0. The third-order valence-electron chi connectivity index (χ3n) is 4.73. The fraction of sp³-hybridized carbons (Fsp3) is 0.333. The fourth-order valence-electron chi connectivity index (χ4n) is 2.92. The lowest BCUT2D eigenvalue weighted by Crippen LogP contribution is -2.41. The molecule has 2 N–H and O–H groups in total. The third-order valence-corrected chi connectivity index (χ3v) is 4.73. The Hall–Kier alpha value is -3.02. The molecule has 1 aliphatic heterocycles. The number of ether oxygens (including phenoxy) is 2. The van der Waals surface area contributed by atoms with E-state index in [1.165, 1.54) is 0 Å². The molecule has 2 aromatic rings. The second kappa shape index (κ2) is 7.70. The molecule has 27 heavy (non-hydrogen) atoms. The van der Waals surface area contributed by atoms with Gasteiger partial charge in [-0.25, -0.2) is 4.79 Å². The molecular formula is C21H23NO5. The van der Waals surface area contributed by atoms with Gasteiger partial charge in [0, 0.05) is 6.54 Å². The molecule has 6 nitrogen and oxygen atoms in total. The molecule has 1 amide bonds. The number of amides is 1. The monoisotopic (exact) mass is 369 g/mol. The predicted molar refractivity (Wildman–Crippen MR) is 101 cm³/mol. The summed E-state index contributed by atoms with van der Waals surface area (Å²) in [6.07, 6.45) is 0.628. The van der Waals surface area contributed by atoms with Crippen LogP contribution in [0.25, 0.3) is 0 Å². The van der Waals surface area contributed by atoms with E-state index in [2.05, 4.69) is 5.32 Å². The number of carboxylic acids is 1. The summed E-state index contributed by atoms with van der Waals surface area (Å²) in [5.41, 5.74) is 1.36. The second-order valence-corrected chi connectivity index (χ2v) is 6.99. The van der Waals surface area contributed by atoms with Gasteiger partial charge in [0.25, 0.3) is 0 Å². The molecule has 0 aliphatic carbocycles. The SMILES string of the molecule is CC(C)(C(=O)NCCc1ccc(C(=O)O)cc1)c1ccc2c(c1)OCCO2. The maximum Gasteiger partial charge on any atom is 0.335 e. The van der Waals surface area contributed by atoms with Crippen molar-refractivity contribution in [2.75, 3.05) is 19.8 Å². The van der Waals surface area contributed by atoms with E-state index in [-0.39, 0.29) is 11.5 Å². The van der Waals surface area contributed by atoms with Crippen LogP contribution in [0.5, 0.6) is 11.5 Å². The van der Waals surface area contributed by atoms with Gasteiger partial charge in [-0.15, -0.1) is 0 Å². The van der Waals surface area contributed by atoms with Gasteiger partial charge in [-0.2, -0.15) is 0 Å². The van der Waals surface area contributed by atoms with Crippen molar-refractivity contribution in [1.82, 2.24) is 5.32 Å². The number of aromatic carboxylic acids is 1. The highest BCUT2D eigenvalue weighted by Crippen LogP contribution is 2.35. The Bertz CT molecular complexity index is 842. The Labute approximate surface area is 158 Å². The van der Waals surface area contributed by atoms with Crippen LogP contribution in [0.3, 0.4) is 0 Å². The summed E-state index contributed by atoms with van der Waals surface area (Å²) in [4.78, 5) is 23.6. The van der Waals surface area contributed by atoms with Crippen molar-refractivity contribution in [3.8, 4) is 11.5 Å². The molecule has 0 saturated carbocycles. The summed E-state index contributed by atoms with van der Waals surface area (Å²) in [6, 6.07) is 12.2. The summed E-state index contributed by atoms with van der Waals surface area (Å²) in [6.45, 7) is 5.25. The summed E-state index contributed by atoms with van der Waals surface area (Å²) in [5.74, 6) is 0.335. The van der Waals surface area contributed by atoms with Crippen LogP contribution in [0.15, 0.2) is 42.5 Å². The van der Waals surface area contributed by atoms with E-state index in [4.69, 9.17) is 14.6 Å². The van der Waals surface area contributed by atoms with Crippen molar-refractivity contribution in [3.63, 3.8) is 0 Å². The maximum atomic E-state index is 12.7. The van der Waals surface area contributed by atoms with Crippen molar-refractivity contribution >= 4 is 11.9 Å².